The van der Waals surface area contributed by atoms with Crippen molar-refractivity contribution >= 4 is 12.6 Å². The van der Waals surface area contributed by atoms with Crippen LogP contribution in [0.3, 0.4) is 0 Å². The first kappa shape index (κ1) is 19.6. The standard InChI is InChI=1S/C20H23BF2O4/c1-13-6-9-15(10-7-13)24-16-11-8-14(12-17(16)25-18(22)23)21-26-19(2,3)20(4,5)27-21/h6-12,18H,1-5H3. The van der Waals surface area contributed by atoms with Gasteiger partial charge in [0.1, 0.15) is 5.75 Å². The molecule has 1 saturated heterocycles. The minimum Gasteiger partial charge on any atom is -0.453 e. The molecule has 4 nitrogen and oxygen atoms in total. The molecular weight excluding hydrogens is 353 g/mol. The van der Waals surface area contributed by atoms with E-state index >= 15 is 0 Å². The lowest BCUT2D eigenvalue weighted by Gasteiger charge is -2.32. The zero-order valence-electron chi connectivity index (χ0n) is 16.1. The molecule has 144 valence electrons. The normalized spacial score (nSPS) is 18.0. The quantitative estimate of drug-likeness (QED) is 0.710. The van der Waals surface area contributed by atoms with Crippen molar-refractivity contribution in [2.45, 2.75) is 52.4 Å². The van der Waals surface area contributed by atoms with Gasteiger partial charge in [-0.05, 0) is 64.3 Å². The summed E-state index contributed by atoms with van der Waals surface area (Å²) in [6.07, 6.45) is 0. The Morgan fingerprint density at radius 2 is 1.48 bits per heavy atom. The first-order chi connectivity index (χ1) is 12.6. The predicted molar refractivity (Wildman–Crippen MR) is 100 cm³/mol. The number of hydrogen-bond donors (Lipinski definition) is 0. The smallest absolute Gasteiger partial charge is 0.453 e. The minimum absolute atomic E-state index is 0.0715. The second-order valence-corrected chi connectivity index (χ2v) is 7.59. The molecule has 1 aliphatic heterocycles. The highest BCUT2D eigenvalue weighted by atomic mass is 19.3. The lowest BCUT2D eigenvalue weighted by Crippen LogP contribution is -2.41. The van der Waals surface area contributed by atoms with Crippen LogP contribution in [0.15, 0.2) is 42.5 Å². The van der Waals surface area contributed by atoms with E-state index < -0.39 is 24.9 Å². The minimum atomic E-state index is -2.97. The lowest BCUT2D eigenvalue weighted by molar-refractivity contribution is -0.0509. The summed E-state index contributed by atoms with van der Waals surface area (Å²) < 4.78 is 48.2. The summed E-state index contributed by atoms with van der Waals surface area (Å²) >= 11 is 0. The SMILES string of the molecule is Cc1ccc(Oc2ccc(B3OC(C)(C)C(C)(C)O3)cc2OC(F)F)cc1. The molecule has 2 aromatic rings. The Bertz CT molecular complexity index is 790. The van der Waals surface area contributed by atoms with Crippen LogP contribution in [0, 0.1) is 6.92 Å². The number of rotatable bonds is 5. The van der Waals surface area contributed by atoms with Crippen molar-refractivity contribution in [3.63, 3.8) is 0 Å². The first-order valence-corrected chi connectivity index (χ1v) is 8.76. The Morgan fingerprint density at radius 1 is 0.889 bits per heavy atom. The second kappa shape index (κ2) is 7.13. The average Bonchev–Trinajstić information content (AvgIpc) is 2.78. The van der Waals surface area contributed by atoms with E-state index in [9.17, 15) is 8.78 Å². The molecule has 0 amide bonds. The molecule has 0 N–H and O–H groups in total. The van der Waals surface area contributed by atoms with Crippen molar-refractivity contribution in [1.82, 2.24) is 0 Å². The predicted octanol–water partition coefficient (Wildman–Crippen LogP) is 4.69. The molecule has 7 heteroatoms. The summed E-state index contributed by atoms with van der Waals surface area (Å²) in [6, 6.07) is 12.1. The van der Waals surface area contributed by atoms with E-state index in [4.69, 9.17) is 14.0 Å². The van der Waals surface area contributed by atoms with Crippen molar-refractivity contribution in [3.8, 4) is 17.2 Å². The summed E-state index contributed by atoms with van der Waals surface area (Å²) in [5.41, 5.74) is 0.597. The average molecular weight is 376 g/mol. The Labute approximate surface area is 158 Å². The van der Waals surface area contributed by atoms with Crippen LogP contribution >= 0.6 is 0 Å². The Kier molecular flexibility index (Phi) is 5.19. The van der Waals surface area contributed by atoms with Gasteiger partial charge in [-0.15, -0.1) is 0 Å². The van der Waals surface area contributed by atoms with Gasteiger partial charge in [0.05, 0.1) is 11.2 Å². The first-order valence-electron chi connectivity index (χ1n) is 8.76. The fraction of sp³-hybridized carbons (Fsp3) is 0.400. The van der Waals surface area contributed by atoms with E-state index in [1.807, 2.05) is 46.8 Å². The fourth-order valence-corrected chi connectivity index (χ4v) is 2.66. The van der Waals surface area contributed by atoms with E-state index in [1.165, 1.54) is 6.07 Å². The number of ether oxygens (including phenoxy) is 2. The topological polar surface area (TPSA) is 36.9 Å². The second-order valence-electron chi connectivity index (χ2n) is 7.59. The zero-order chi connectivity index (χ0) is 19.8. The summed E-state index contributed by atoms with van der Waals surface area (Å²) in [5.74, 6) is 0.653. The largest absolute Gasteiger partial charge is 0.494 e. The molecular formula is C20H23BF2O4. The number of halogens is 2. The van der Waals surface area contributed by atoms with E-state index in [0.29, 0.717) is 11.2 Å². The van der Waals surface area contributed by atoms with Crippen molar-refractivity contribution < 1.29 is 27.6 Å². The number of aryl methyl sites for hydroxylation is 1. The van der Waals surface area contributed by atoms with Crippen LogP contribution in [0.4, 0.5) is 8.78 Å². The third-order valence-electron chi connectivity index (χ3n) is 4.96. The Morgan fingerprint density at radius 3 is 2.04 bits per heavy atom. The molecule has 27 heavy (non-hydrogen) atoms. The fourth-order valence-electron chi connectivity index (χ4n) is 2.66. The third kappa shape index (κ3) is 4.25. The highest BCUT2D eigenvalue weighted by Gasteiger charge is 2.51. The van der Waals surface area contributed by atoms with E-state index in [1.54, 1.807) is 24.3 Å². The van der Waals surface area contributed by atoms with E-state index in [2.05, 4.69) is 4.74 Å². The lowest BCUT2D eigenvalue weighted by atomic mass is 9.79. The highest BCUT2D eigenvalue weighted by molar-refractivity contribution is 6.62. The molecule has 0 atom stereocenters. The van der Waals surface area contributed by atoms with Crippen LogP contribution < -0.4 is 14.9 Å². The summed E-state index contributed by atoms with van der Waals surface area (Å²) in [7, 11) is -0.677. The third-order valence-corrected chi connectivity index (χ3v) is 4.96. The van der Waals surface area contributed by atoms with Crippen LogP contribution in [0.2, 0.25) is 0 Å². The molecule has 1 fully saturated rings. The van der Waals surface area contributed by atoms with E-state index in [-0.39, 0.29) is 11.5 Å². The number of alkyl halides is 2. The van der Waals surface area contributed by atoms with E-state index in [0.717, 1.165) is 5.56 Å². The van der Waals surface area contributed by atoms with Crippen molar-refractivity contribution in [2.24, 2.45) is 0 Å². The van der Waals surface area contributed by atoms with Gasteiger partial charge in [-0.3, -0.25) is 0 Å². The molecule has 1 heterocycles. The highest BCUT2D eigenvalue weighted by Crippen LogP contribution is 2.38. The van der Waals surface area contributed by atoms with Gasteiger partial charge in [0.15, 0.2) is 11.5 Å². The zero-order valence-corrected chi connectivity index (χ0v) is 16.1. The molecule has 0 bridgehead atoms. The number of benzene rings is 2. The van der Waals surface area contributed by atoms with Gasteiger partial charge in [0.2, 0.25) is 0 Å². The van der Waals surface area contributed by atoms with Gasteiger partial charge in [-0.1, -0.05) is 23.8 Å². The van der Waals surface area contributed by atoms with Crippen LogP contribution in [0.1, 0.15) is 33.3 Å². The van der Waals surface area contributed by atoms with Crippen molar-refractivity contribution in [3.05, 3.63) is 48.0 Å². The molecule has 0 saturated carbocycles. The van der Waals surface area contributed by atoms with Gasteiger partial charge >= 0.3 is 13.7 Å². The van der Waals surface area contributed by atoms with Crippen LogP contribution in [0.5, 0.6) is 17.2 Å². The van der Waals surface area contributed by atoms with Crippen molar-refractivity contribution in [2.75, 3.05) is 0 Å². The molecule has 2 aromatic carbocycles. The van der Waals surface area contributed by atoms with Crippen LogP contribution in [-0.4, -0.2) is 24.9 Å². The molecule has 3 rings (SSSR count). The Balaban J connectivity index is 1.89. The van der Waals surface area contributed by atoms with Gasteiger partial charge in [0, 0.05) is 0 Å². The molecule has 0 unspecified atom stereocenters. The van der Waals surface area contributed by atoms with Crippen LogP contribution in [-0.2, 0) is 9.31 Å². The maximum atomic E-state index is 12.9. The molecule has 0 aromatic heterocycles. The maximum absolute atomic E-state index is 12.9. The van der Waals surface area contributed by atoms with Crippen molar-refractivity contribution in [1.29, 1.82) is 0 Å². The monoisotopic (exact) mass is 376 g/mol. The summed E-state index contributed by atoms with van der Waals surface area (Å²) in [5, 5.41) is 0. The molecule has 0 radical (unpaired) electrons. The molecule has 0 spiro atoms. The van der Waals surface area contributed by atoms with Gasteiger partial charge in [-0.25, -0.2) is 0 Å². The van der Waals surface area contributed by atoms with Gasteiger partial charge < -0.3 is 18.8 Å². The molecule has 0 aliphatic carbocycles. The van der Waals surface area contributed by atoms with Gasteiger partial charge in [0.25, 0.3) is 0 Å². The molecule has 1 aliphatic rings. The Hall–Kier alpha value is -2.12. The summed E-state index contributed by atoms with van der Waals surface area (Å²) in [4.78, 5) is 0. The van der Waals surface area contributed by atoms with Crippen LogP contribution in [0.25, 0.3) is 0 Å². The summed E-state index contributed by atoms with van der Waals surface area (Å²) in [6.45, 7) is 6.70. The van der Waals surface area contributed by atoms with Gasteiger partial charge in [-0.2, -0.15) is 8.78 Å². The maximum Gasteiger partial charge on any atom is 0.494 e. The number of hydrogen-bond acceptors (Lipinski definition) is 4.